The molecular weight excluding hydrogens is 332 g/mol. The predicted octanol–water partition coefficient (Wildman–Crippen LogP) is 4.17. The lowest BCUT2D eigenvalue weighted by atomic mass is 10.2. The Hall–Kier alpha value is -1.85. The number of rotatable bonds is 8. The number of aryl methyl sites for hydroxylation is 1. The Kier molecular flexibility index (Phi) is 6.25. The third-order valence-electron chi connectivity index (χ3n) is 5.03. The first-order valence-corrected chi connectivity index (χ1v) is 10.4. The Morgan fingerprint density at radius 1 is 0.920 bits per heavy atom. The summed E-state index contributed by atoms with van der Waals surface area (Å²) in [5.41, 5.74) is 2.77. The Labute approximate surface area is 152 Å². The maximum absolute atomic E-state index is 12.6. The number of benzene rings is 2. The van der Waals surface area contributed by atoms with E-state index >= 15 is 0 Å². The third kappa shape index (κ3) is 4.83. The van der Waals surface area contributed by atoms with Gasteiger partial charge in [0.25, 0.3) is 10.0 Å². The quantitative estimate of drug-likeness (QED) is 0.717. The number of sulfonamides is 1. The average molecular weight is 362 g/mol. The first kappa shape index (κ1) is 19.5. The van der Waals surface area contributed by atoms with Crippen LogP contribution in [0.5, 0.6) is 0 Å². The highest BCUT2D eigenvalue weighted by molar-refractivity contribution is 7.92. The van der Waals surface area contributed by atoms with Crippen molar-refractivity contribution < 1.29 is 12.9 Å². The molecule has 1 N–H and O–H groups in total. The Morgan fingerprint density at radius 2 is 1.52 bits per heavy atom. The monoisotopic (exact) mass is 361 g/mol. The van der Waals surface area contributed by atoms with Gasteiger partial charge in [0.05, 0.1) is 24.5 Å². The summed E-state index contributed by atoms with van der Waals surface area (Å²) in [5, 5.41) is 0. The SMILES string of the molecule is CC[N+](CC)(CC)Cc1ccc(S(=O)(=O)Nc2cccc(C)c2)cc1. The molecule has 25 heavy (non-hydrogen) atoms. The smallest absolute Gasteiger partial charge is 0.261 e. The highest BCUT2D eigenvalue weighted by Gasteiger charge is 2.22. The van der Waals surface area contributed by atoms with Crippen molar-refractivity contribution >= 4 is 15.7 Å². The van der Waals surface area contributed by atoms with Gasteiger partial charge in [-0.3, -0.25) is 4.72 Å². The van der Waals surface area contributed by atoms with Crippen LogP contribution in [0.25, 0.3) is 0 Å². The average Bonchev–Trinajstić information content (AvgIpc) is 2.60. The molecule has 0 heterocycles. The fourth-order valence-corrected chi connectivity index (χ4v) is 4.14. The summed E-state index contributed by atoms with van der Waals surface area (Å²) >= 11 is 0. The molecule has 0 unspecified atom stereocenters. The summed E-state index contributed by atoms with van der Waals surface area (Å²) in [5.74, 6) is 0. The first-order chi connectivity index (χ1) is 11.8. The fraction of sp³-hybridized carbons (Fsp3) is 0.400. The van der Waals surface area contributed by atoms with E-state index in [4.69, 9.17) is 0 Å². The number of quaternary nitrogens is 1. The van der Waals surface area contributed by atoms with Crippen molar-refractivity contribution in [2.24, 2.45) is 0 Å². The molecule has 0 aliphatic rings. The first-order valence-electron chi connectivity index (χ1n) is 8.87. The summed E-state index contributed by atoms with van der Waals surface area (Å²) < 4.78 is 28.8. The normalized spacial score (nSPS) is 12.2. The van der Waals surface area contributed by atoms with Gasteiger partial charge in [0, 0.05) is 11.3 Å². The molecule has 0 aromatic heterocycles. The molecule has 2 rings (SSSR count). The van der Waals surface area contributed by atoms with Crippen molar-refractivity contribution in [3.05, 3.63) is 59.7 Å². The molecule has 0 bridgehead atoms. The van der Waals surface area contributed by atoms with Crippen molar-refractivity contribution in [3.63, 3.8) is 0 Å². The highest BCUT2D eigenvalue weighted by atomic mass is 32.2. The molecule has 0 atom stereocenters. The Bertz CT molecular complexity index is 786. The minimum absolute atomic E-state index is 0.292. The Morgan fingerprint density at radius 3 is 2.04 bits per heavy atom. The number of nitrogens with one attached hydrogen (secondary N) is 1. The zero-order valence-corrected chi connectivity index (χ0v) is 16.4. The molecule has 0 amide bonds. The number of hydrogen-bond donors (Lipinski definition) is 1. The standard InChI is InChI=1S/C20H29N2O2S/c1-5-22(6-2,7-3)16-18-11-13-20(14-12-18)25(23,24)21-19-10-8-9-17(4)15-19/h8-15,21H,5-7,16H2,1-4H3/q+1. The van der Waals surface area contributed by atoms with Crippen LogP contribution >= 0.6 is 0 Å². The van der Waals surface area contributed by atoms with Gasteiger partial charge in [-0.2, -0.15) is 0 Å². The fourth-order valence-electron chi connectivity index (χ4n) is 3.09. The molecular formula is C20H29N2O2S+. The van der Waals surface area contributed by atoms with Gasteiger partial charge >= 0.3 is 0 Å². The van der Waals surface area contributed by atoms with Gasteiger partial charge in [-0.25, -0.2) is 8.42 Å². The van der Waals surface area contributed by atoms with E-state index in [0.717, 1.165) is 36.2 Å². The van der Waals surface area contributed by atoms with Crippen molar-refractivity contribution in [3.8, 4) is 0 Å². The zero-order valence-electron chi connectivity index (χ0n) is 15.6. The molecule has 0 fully saturated rings. The third-order valence-corrected chi connectivity index (χ3v) is 6.43. The molecule has 0 spiro atoms. The molecule has 2 aromatic rings. The van der Waals surface area contributed by atoms with E-state index in [0.29, 0.717) is 10.6 Å². The summed E-state index contributed by atoms with van der Waals surface area (Å²) in [6.45, 7) is 12.7. The van der Waals surface area contributed by atoms with Crippen LogP contribution in [-0.4, -0.2) is 32.5 Å². The van der Waals surface area contributed by atoms with Gasteiger partial charge in [-0.1, -0.05) is 24.3 Å². The van der Waals surface area contributed by atoms with Crippen LogP contribution in [0.15, 0.2) is 53.4 Å². The van der Waals surface area contributed by atoms with Gasteiger partial charge in [0.15, 0.2) is 0 Å². The maximum Gasteiger partial charge on any atom is 0.261 e. The summed E-state index contributed by atoms with van der Waals surface area (Å²) in [7, 11) is -3.56. The van der Waals surface area contributed by atoms with E-state index in [-0.39, 0.29) is 0 Å². The second kappa shape index (κ2) is 8.02. The van der Waals surface area contributed by atoms with E-state index in [1.807, 2.05) is 37.3 Å². The van der Waals surface area contributed by atoms with Gasteiger partial charge in [-0.15, -0.1) is 0 Å². The minimum atomic E-state index is -3.56. The molecule has 4 nitrogen and oxygen atoms in total. The maximum atomic E-state index is 12.6. The van der Waals surface area contributed by atoms with Crippen LogP contribution in [0.1, 0.15) is 31.9 Å². The molecule has 5 heteroatoms. The summed E-state index contributed by atoms with van der Waals surface area (Å²) in [6.07, 6.45) is 0. The molecule has 0 aliphatic carbocycles. The summed E-state index contributed by atoms with van der Waals surface area (Å²) in [4.78, 5) is 0.292. The second-order valence-corrected chi connectivity index (χ2v) is 8.25. The molecule has 0 saturated heterocycles. The lowest BCUT2D eigenvalue weighted by Gasteiger charge is -2.35. The van der Waals surface area contributed by atoms with E-state index in [1.165, 1.54) is 5.56 Å². The molecule has 0 saturated carbocycles. The van der Waals surface area contributed by atoms with Gasteiger partial charge in [0.2, 0.25) is 0 Å². The molecule has 2 aromatic carbocycles. The molecule has 0 aliphatic heterocycles. The highest BCUT2D eigenvalue weighted by Crippen LogP contribution is 2.20. The molecule has 0 radical (unpaired) electrons. The van der Waals surface area contributed by atoms with Crippen LogP contribution in [0, 0.1) is 6.92 Å². The second-order valence-electron chi connectivity index (χ2n) is 6.57. The van der Waals surface area contributed by atoms with Gasteiger partial charge in [0.1, 0.15) is 6.54 Å². The number of nitrogens with zero attached hydrogens (tertiary/aromatic N) is 1. The van der Waals surface area contributed by atoms with E-state index in [2.05, 4.69) is 25.5 Å². The van der Waals surface area contributed by atoms with Crippen molar-refractivity contribution in [1.29, 1.82) is 0 Å². The Balaban J connectivity index is 2.18. The van der Waals surface area contributed by atoms with Crippen LogP contribution in [0.2, 0.25) is 0 Å². The number of hydrogen-bond acceptors (Lipinski definition) is 2. The van der Waals surface area contributed by atoms with Crippen LogP contribution in [0.3, 0.4) is 0 Å². The van der Waals surface area contributed by atoms with Gasteiger partial charge < -0.3 is 4.48 Å². The van der Waals surface area contributed by atoms with Crippen LogP contribution in [-0.2, 0) is 16.6 Å². The lowest BCUT2D eigenvalue weighted by Crippen LogP contribution is -2.46. The largest absolute Gasteiger partial charge is 0.321 e. The lowest BCUT2D eigenvalue weighted by molar-refractivity contribution is -0.936. The predicted molar refractivity (Wildman–Crippen MR) is 104 cm³/mol. The van der Waals surface area contributed by atoms with E-state index in [9.17, 15) is 8.42 Å². The molecule has 136 valence electrons. The topological polar surface area (TPSA) is 46.2 Å². The number of anilines is 1. The summed E-state index contributed by atoms with van der Waals surface area (Å²) in [6, 6.07) is 14.6. The minimum Gasteiger partial charge on any atom is -0.321 e. The van der Waals surface area contributed by atoms with E-state index in [1.54, 1.807) is 18.2 Å². The van der Waals surface area contributed by atoms with Gasteiger partial charge in [-0.05, 0) is 57.5 Å². The van der Waals surface area contributed by atoms with Crippen LogP contribution < -0.4 is 4.72 Å². The van der Waals surface area contributed by atoms with Crippen LogP contribution in [0.4, 0.5) is 5.69 Å². The van der Waals surface area contributed by atoms with E-state index < -0.39 is 10.0 Å². The van der Waals surface area contributed by atoms with Crippen molar-refractivity contribution in [2.75, 3.05) is 24.4 Å². The van der Waals surface area contributed by atoms with Crippen molar-refractivity contribution in [2.45, 2.75) is 39.1 Å². The van der Waals surface area contributed by atoms with Crippen molar-refractivity contribution in [1.82, 2.24) is 0 Å². The zero-order chi connectivity index (χ0) is 18.5.